The molecule has 0 spiro atoms. The van der Waals surface area contributed by atoms with Gasteiger partial charge in [-0.1, -0.05) is 19.7 Å². The van der Waals surface area contributed by atoms with Gasteiger partial charge in [-0.25, -0.2) is 14.4 Å². The van der Waals surface area contributed by atoms with Crippen molar-refractivity contribution in [3.63, 3.8) is 0 Å². The Hall–Kier alpha value is -3.76. The summed E-state index contributed by atoms with van der Waals surface area (Å²) in [7, 11) is 1.14. The average molecular weight is 455 g/mol. The largest absolute Gasteiger partial charge is 0.480 e. The minimum atomic E-state index is -1.46. The van der Waals surface area contributed by atoms with Crippen LogP contribution in [0.4, 0.5) is 0 Å². The van der Waals surface area contributed by atoms with E-state index in [1.54, 1.807) is 0 Å². The summed E-state index contributed by atoms with van der Waals surface area (Å²) >= 11 is 0. The number of nitrogens with one attached hydrogen (secondary N) is 1. The molecule has 178 valence electrons. The quantitative estimate of drug-likeness (QED) is 0.114. The van der Waals surface area contributed by atoms with E-state index in [1.165, 1.54) is 27.7 Å². The molecule has 0 saturated carbocycles. The molecule has 0 aromatic rings. The Kier molecular flexibility index (Phi) is 13.6. The number of aliphatic carboxylic acids is 1. The molecule has 0 aliphatic carbocycles. The maximum absolute atomic E-state index is 11.6. The normalized spacial score (nSPS) is 9.78. The van der Waals surface area contributed by atoms with Gasteiger partial charge in [0.1, 0.15) is 31.0 Å². The molecule has 0 fully saturated rings. The standard InChI is InChI=1S/C11H15NO5.C10H14O5/c1-6(7(2)9(14)17-5)8(13)12-11(3,4)10(15)16;1-7(2)10(13)15-5-4-14-9(12)6-8(3)11/h1-2H2,3-5H3,(H,12,13)(H,15,16);1,4-6H2,2-3H3. The first-order valence-corrected chi connectivity index (χ1v) is 9.06. The van der Waals surface area contributed by atoms with E-state index in [9.17, 15) is 28.8 Å². The van der Waals surface area contributed by atoms with Gasteiger partial charge in [0.15, 0.2) is 0 Å². The first kappa shape index (κ1) is 30.4. The fourth-order valence-corrected chi connectivity index (χ4v) is 1.46. The topological polar surface area (TPSA) is 162 Å². The average Bonchev–Trinajstić information content (AvgIpc) is 2.68. The fraction of sp³-hybridized carbons (Fsp3) is 0.429. The summed E-state index contributed by atoms with van der Waals surface area (Å²) in [6, 6.07) is 0. The number of ether oxygens (including phenoxy) is 3. The Morgan fingerprint density at radius 2 is 1.38 bits per heavy atom. The van der Waals surface area contributed by atoms with Gasteiger partial charge in [-0.05, 0) is 27.7 Å². The van der Waals surface area contributed by atoms with Gasteiger partial charge in [-0.2, -0.15) is 0 Å². The van der Waals surface area contributed by atoms with Crippen molar-refractivity contribution >= 4 is 35.6 Å². The van der Waals surface area contributed by atoms with E-state index in [1.807, 2.05) is 0 Å². The number of carbonyl (C=O) groups excluding carboxylic acids is 5. The maximum Gasteiger partial charge on any atom is 0.338 e. The van der Waals surface area contributed by atoms with Crippen LogP contribution >= 0.6 is 0 Å². The van der Waals surface area contributed by atoms with Crippen LogP contribution < -0.4 is 5.32 Å². The number of amides is 1. The van der Waals surface area contributed by atoms with Gasteiger partial charge in [0.2, 0.25) is 0 Å². The SMILES string of the molecule is C=C(C(=C)C(=O)OC)C(=O)NC(C)(C)C(=O)O.C=C(C)C(=O)OCCOC(=O)CC(C)=O. The molecule has 0 radical (unpaired) electrons. The zero-order chi connectivity index (χ0) is 25.6. The third-order valence-electron chi connectivity index (χ3n) is 3.35. The van der Waals surface area contributed by atoms with Crippen molar-refractivity contribution in [2.75, 3.05) is 20.3 Å². The number of methoxy groups -OCH3 is 1. The lowest BCUT2D eigenvalue weighted by atomic mass is 10.0. The van der Waals surface area contributed by atoms with Crippen molar-refractivity contribution in [3.8, 4) is 0 Å². The summed E-state index contributed by atoms with van der Waals surface area (Å²) in [5.74, 6) is -4.20. The van der Waals surface area contributed by atoms with Crippen LogP contribution in [0, 0.1) is 0 Å². The smallest absolute Gasteiger partial charge is 0.338 e. The minimum absolute atomic E-state index is 0.0324. The van der Waals surface area contributed by atoms with E-state index >= 15 is 0 Å². The summed E-state index contributed by atoms with van der Waals surface area (Å²) in [6.07, 6.45) is -0.256. The highest BCUT2D eigenvalue weighted by atomic mass is 16.6. The molecule has 0 atom stereocenters. The van der Waals surface area contributed by atoms with E-state index in [2.05, 4.69) is 39.3 Å². The predicted octanol–water partition coefficient (Wildman–Crippen LogP) is 0.879. The van der Waals surface area contributed by atoms with Crippen LogP contribution in [-0.4, -0.2) is 66.5 Å². The molecule has 0 aromatic heterocycles. The van der Waals surface area contributed by atoms with Crippen LogP contribution in [0.3, 0.4) is 0 Å². The van der Waals surface area contributed by atoms with E-state index in [-0.39, 0.29) is 42.1 Å². The van der Waals surface area contributed by atoms with Crippen molar-refractivity contribution < 1.29 is 48.1 Å². The molecule has 0 aliphatic rings. The van der Waals surface area contributed by atoms with Crippen LogP contribution in [-0.2, 0) is 43.0 Å². The molecule has 2 N–H and O–H groups in total. The number of hydrogen-bond donors (Lipinski definition) is 2. The van der Waals surface area contributed by atoms with Crippen LogP contribution in [0.25, 0.3) is 0 Å². The second-order valence-corrected chi connectivity index (χ2v) is 6.85. The second-order valence-electron chi connectivity index (χ2n) is 6.85. The monoisotopic (exact) mass is 455 g/mol. The first-order chi connectivity index (χ1) is 14.6. The Labute approximate surface area is 186 Å². The van der Waals surface area contributed by atoms with Crippen molar-refractivity contribution in [2.24, 2.45) is 0 Å². The molecule has 0 aliphatic heterocycles. The highest BCUT2D eigenvalue weighted by Gasteiger charge is 2.30. The number of hydrogen-bond acceptors (Lipinski definition) is 9. The highest BCUT2D eigenvalue weighted by molar-refractivity contribution is 6.09. The molecule has 0 heterocycles. The zero-order valence-electron chi connectivity index (χ0n) is 18.9. The van der Waals surface area contributed by atoms with Gasteiger partial charge >= 0.3 is 23.9 Å². The lowest BCUT2D eigenvalue weighted by Gasteiger charge is -2.21. The molecule has 32 heavy (non-hydrogen) atoms. The van der Waals surface area contributed by atoms with Crippen LogP contribution in [0.1, 0.15) is 34.1 Å². The van der Waals surface area contributed by atoms with E-state index < -0.39 is 35.3 Å². The molecule has 1 amide bonds. The molecule has 11 heteroatoms. The second kappa shape index (κ2) is 14.3. The lowest BCUT2D eigenvalue weighted by Crippen LogP contribution is -2.50. The number of carboxylic acids is 1. The van der Waals surface area contributed by atoms with Gasteiger partial charge in [0, 0.05) is 11.1 Å². The Bertz CT molecular complexity index is 807. The molecule has 0 aromatic carbocycles. The predicted molar refractivity (Wildman–Crippen MR) is 112 cm³/mol. The minimum Gasteiger partial charge on any atom is -0.480 e. The van der Waals surface area contributed by atoms with Gasteiger partial charge in [0.05, 0.1) is 12.7 Å². The van der Waals surface area contributed by atoms with Crippen LogP contribution in [0.2, 0.25) is 0 Å². The number of carbonyl (C=O) groups is 6. The molecular formula is C21H29NO10. The summed E-state index contributed by atoms with van der Waals surface area (Å²) < 4.78 is 13.6. The number of ketones is 1. The van der Waals surface area contributed by atoms with Crippen LogP contribution in [0.5, 0.6) is 0 Å². The van der Waals surface area contributed by atoms with Crippen molar-refractivity contribution in [3.05, 3.63) is 36.5 Å². The van der Waals surface area contributed by atoms with E-state index in [0.29, 0.717) is 0 Å². The number of Topliss-reactive ketones (excluding diaryl/α,β-unsaturated/α-hetero) is 1. The molecule has 0 unspecified atom stereocenters. The summed E-state index contributed by atoms with van der Waals surface area (Å²) in [5.41, 5.74) is -1.63. The zero-order valence-corrected chi connectivity index (χ0v) is 18.9. The van der Waals surface area contributed by atoms with Gasteiger partial charge in [0.25, 0.3) is 5.91 Å². The molecule has 0 saturated heterocycles. The van der Waals surface area contributed by atoms with Crippen LogP contribution in [0.15, 0.2) is 36.5 Å². The fourth-order valence-electron chi connectivity index (χ4n) is 1.46. The highest BCUT2D eigenvalue weighted by Crippen LogP contribution is 2.10. The Morgan fingerprint density at radius 1 is 0.875 bits per heavy atom. The first-order valence-electron chi connectivity index (χ1n) is 9.06. The maximum atomic E-state index is 11.6. The van der Waals surface area contributed by atoms with Gasteiger partial charge < -0.3 is 24.6 Å². The number of rotatable bonds is 11. The molecule has 0 rings (SSSR count). The number of esters is 3. The molecular weight excluding hydrogens is 426 g/mol. The van der Waals surface area contributed by atoms with Crippen molar-refractivity contribution in [1.29, 1.82) is 0 Å². The third kappa shape index (κ3) is 12.7. The molecule has 11 nitrogen and oxygen atoms in total. The third-order valence-corrected chi connectivity index (χ3v) is 3.35. The molecule has 0 bridgehead atoms. The summed E-state index contributed by atoms with van der Waals surface area (Å²) in [6.45, 7) is 15.4. The van der Waals surface area contributed by atoms with Gasteiger partial charge in [-0.15, -0.1) is 0 Å². The Morgan fingerprint density at radius 3 is 1.78 bits per heavy atom. The van der Waals surface area contributed by atoms with E-state index in [4.69, 9.17) is 5.11 Å². The number of carboxylic acid groups (broad SMARTS) is 1. The van der Waals surface area contributed by atoms with Crippen molar-refractivity contribution in [2.45, 2.75) is 39.7 Å². The van der Waals surface area contributed by atoms with Crippen molar-refractivity contribution in [1.82, 2.24) is 5.32 Å². The summed E-state index contributed by atoms with van der Waals surface area (Å²) in [4.78, 5) is 65.6. The lowest BCUT2D eigenvalue weighted by molar-refractivity contribution is -0.151. The van der Waals surface area contributed by atoms with Gasteiger partial charge in [-0.3, -0.25) is 14.4 Å². The Balaban J connectivity index is 0. The summed E-state index contributed by atoms with van der Waals surface area (Å²) in [5, 5.41) is 11.0. The van der Waals surface area contributed by atoms with E-state index in [0.717, 1.165) is 7.11 Å².